The second-order valence-electron chi connectivity index (χ2n) is 8.16. The number of nitrogens with two attached hydrogens (primary N) is 1. The molecular formula is C23H28N6O4S. The van der Waals surface area contributed by atoms with E-state index in [1.807, 2.05) is 33.8 Å². The molecule has 3 N–H and O–H groups in total. The van der Waals surface area contributed by atoms with E-state index in [9.17, 15) is 13.2 Å². The quantitative estimate of drug-likeness (QED) is 0.494. The standard InChI is InChI=1S/C23H28N6O4S/c1-14(2)29(5)22-17(23(30)28-34(31,32)21-8-6-7-19(24)27-21)10-11-18(26-22)16-9-12-20(25-13-16)33-15(3)4/h6-15H,1-5H3,(H2,24,27)(H,28,30). The third-order valence-electron chi connectivity index (χ3n) is 4.86. The SMILES string of the molecule is CC(C)Oc1ccc(-c2ccc(C(=O)NS(=O)(=O)c3cccc(N)n3)c(N(C)C(C)C)n2)cn1. The Hall–Kier alpha value is -3.73. The molecule has 3 heterocycles. The maximum absolute atomic E-state index is 13.0. The lowest BCUT2D eigenvalue weighted by Gasteiger charge is -2.25. The molecule has 0 radical (unpaired) electrons. The van der Waals surface area contributed by atoms with E-state index >= 15 is 0 Å². The summed E-state index contributed by atoms with van der Waals surface area (Å²) >= 11 is 0. The van der Waals surface area contributed by atoms with Gasteiger partial charge >= 0.3 is 0 Å². The van der Waals surface area contributed by atoms with Crippen LogP contribution in [0.4, 0.5) is 11.6 Å². The largest absolute Gasteiger partial charge is 0.475 e. The lowest BCUT2D eigenvalue weighted by Crippen LogP contribution is -2.34. The maximum atomic E-state index is 13.0. The molecule has 3 rings (SSSR count). The minimum Gasteiger partial charge on any atom is -0.475 e. The number of rotatable bonds is 8. The lowest BCUT2D eigenvalue weighted by molar-refractivity contribution is 0.0981. The Labute approximate surface area is 199 Å². The van der Waals surface area contributed by atoms with Crippen LogP contribution in [0.1, 0.15) is 38.1 Å². The highest BCUT2D eigenvalue weighted by atomic mass is 32.2. The molecule has 0 saturated heterocycles. The van der Waals surface area contributed by atoms with Crippen LogP contribution >= 0.6 is 0 Å². The van der Waals surface area contributed by atoms with Gasteiger partial charge < -0.3 is 15.4 Å². The summed E-state index contributed by atoms with van der Waals surface area (Å²) in [5.74, 6) is 0.0162. The van der Waals surface area contributed by atoms with Crippen LogP contribution in [0.3, 0.4) is 0 Å². The third kappa shape index (κ3) is 5.79. The molecule has 34 heavy (non-hydrogen) atoms. The van der Waals surface area contributed by atoms with Crippen molar-refractivity contribution in [2.45, 2.75) is 44.9 Å². The summed E-state index contributed by atoms with van der Waals surface area (Å²) in [6.07, 6.45) is 1.63. The predicted molar refractivity (Wildman–Crippen MR) is 130 cm³/mol. The van der Waals surface area contributed by atoms with Gasteiger partial charge in [-0.15, -0.1) is 0 Å². The Bertz CT molecular complexity index is 1280. The molecule has 0 aromatic carbocycles. The van der Waals surface area contributed by atoms with Crippen molar-refractivity contribution in [1.29, 1.82) is 0 Å². The number of nitrogens with one attached hydrogen (secondary N) is 1. The number of amides is 1. The Morgan fingerprint density at radius 3 is 2.38 bits per heavy atom. The molecule has 3 aromatic rings. The van der Waals surface area contributed by atoms with E-state index in [0.717, 1.165) is 5.56 Å². The number of aromatic nitrogens is 3. The number of nitrogens with zero attached hydrogens (tertiary/aromatic N) is 4. The normalized spacial score (nSPS) is 11.5. The van der Waals surface area contributed by atoms with Gasteiger partial charge in [-0.25, -0.2) is 19.7 Å². The van der Waals surface area contributed by atoms with Gasteiger partial charge in [0.1, 0.15) is 11.6 Å². The molecular weight excluding hydrogens is 456 g/mol. The van der Waals surface area contributed by atoms with Crippen LogP contribution in [-0.2, 0) is 10.0 Å². The van der Waals surface area contributed by atoms with Crippen LogP contribution in [0.2, 0.25) is 0 Å². The highest BCUT2D eigenvalue weighted by molar-refractivity contribution is 7.90. The molecule has 0 atom stereocenters. The molecule has 0 saturated carbocycles. The van der Waals surface area contributed by atoms with Gasteiger partial charge in [-0.05, 0) is 58.0 Å². The van der Waals surface area contributed by atoms with Crippen LogP contribution in [0, 0.1) is 0 Å². The third-order valence-corrected chi connectivity index (χ3v) is 6.10. The molecule has 11 heteroatoms. The number of carbonyl (C=O) groups excluding carboxylic acids is 1. The van der Waals surface area contributed by atoms with E-state index in [1.54, 1.807) is 30.3 Å². The average molecular weight is 485 g/mol. The molecule has 0 aliphatic rings. The number of hydrogen-bond donors (Lipinski definition) is 2. The molecule has 0 bridgehead atoms. The summed E-state index contributed by atoms with van der Waals surface area (Å²) in [5, 5.41) is -0.348. The van der Waals surface area contributed by atoms with Crippen molar-refractivity contribution in [3.63, 3.8) is 0 Å². The Morgan fingerprint density at radius 2 is 1.79 bits per heavy atom. The van der Waals surface area contributed by atoms with Crippen LogP contribution in [0.15, 0.2) is 53.7 Å². The van der Waals surface area contributed by atoms with Gasteiger partial charge in [-0.1, -0.05) is 6.07 Å². The van der Waals surface area contributed by atoms with Gasteiger partial charge in [0.2, 0.25) is 5.88 Å². The highest BCUT2D eigenvalue weighted by Crippen LogP contribution is 2.26. The first-order valence-corrected chi connectivity index (χ1v) is 12.1. The maximum Gasteiger partial charge on any atom is 0.281 e. The molecule has 3 aromatic heterocycles. The molecule has 0 aliphatic carbocycles. The zero-order valence-electron chi connectivity index (χ0n) is 19.7. The molecule has 1 amide bonds. The van der Waals surface area contributed by atoms with Gasteiger partial charge in [0, 0.05) is 30.9 Å². The van der Waals surface area contributed by atoms with E-state index in [4.69, 9.17) is 10.5 Å². The van der Waals surface area contributed by atoms with Crippen molar-refractivity contribution in [2.75, 3.05) is 17.7 Å². The zero-order valence-corrected chi connectivity index (χ0v) is 20.5. The predicted octanol–water partition coefficient (Wildman–Crippen LogP) is 2.87. The van der Waals surface area contributed by atoms with Crippen LogP contribution in [-0.4, -0.2) is 48.5 Å². The van der Waals surface area contributed by atoms with Crippen molar-refractivity contribution >= 4 is 27.6 Å². The first-order chi connectivity index (χ1) is 16.0. The molecule has 10 nitrogen and oxygen atoms in total. The van der Waals surface area contributed by atoms with E-state index in [2.05, 4.69) is 19.7 Å². The second kappa shape index (κ2) is 10.0. The van der Waals surface area contributed by atoms with E-state index in [1.165, 1.54) is 24.3 Å². The summed E-state index contributed by atoms with van der Waals surface area (Å²) < 4.78 is 33.0. The van der Waals surface area contributed by atoms with E-state index < -0.39 is 15.9 Å². The fourth-order valence-corrected chi connectivity index (χ4v) is 3.89. The summed E-state index contributed by atoms with van der Waals surface area (Å²) in [5.41, 5.74) is 6.97. The van der Waals surface area contributed by atoms with Gasteiger partial charge in [0.25, 0.3) is 15.9 Å². The van der Waals surface area contributed by atoms with Crippen LogP contribution in [0.5, 0.6) is 5.88 Å². The second-order valence-corrected chi connectivity index (χ2v) is 9.79. The number of hydrogen-bond acceptors (Lipinski definition) is 9. The number of sulfonamides is 1. The number of anilines is 2. The first-order valence-electron chi connectivity index (χ1n) is 10.6. The minimum atomic E-state index is -4.23. The first kappa shape index (κ1) is 24.9. The van der Waals surface area contributed by atoms with Gasteiger partial charge in [0.05, 0.1) is 17.4 Å². The van der Waals surface area contributed by atoms with Gasteiger partial charge in [0.15, 0.2) is 5.03 Å². The molecule has 0 spiro atoms. The van der Waals surface area contributed by atoms with Crippen LogP contribution < -0.4 is 20.1 Å². The average Bonchev–Trinajstić information content (AvgIpc) is 2.78. The van der Waals surface area contributed by atoms with Crippen molar-refractivity contribution in [1.82, 2.24) is 19.7 Å². The Kier molecular flexibility index (Phi) is 7.35. The topological polar surface area (TPSA) is 140 Å². The number of ether oxygens (including phenoxy) is 1. The minimum absolute atomic E-state index is 0.000583. The van der Waals surface area contributed by atoms with Crippen molar-refractivity contribution < 1.29 is 17.9 Å². The van der Waals surface area contributed by atoms with Crippen molar-refractivity contribution in [2.24, 2.45) is 0 Å². The van der Waals surface area contributed by atoms with Crippen molar-refractivity contribution in [3.8, 4) is 17.1 Å². The summed E-state index contributed by atoms with van der Waals surface area (Å²) in [6.45, 7) is 7.70. The van der Waals surface area contributed by atoms with Gasteiger partial charge in [-0.2, -0.15) is 8.42 Å². The van der Waals surface area contributed by atoms with Crippen molar-refractivity contribution in [3.05, 3.63) is 54.2 Å². The highest BCUT2D eigenvalue weighted by Gasteiger charge is 2.25. The molecule has 0 unspecified atom stereocenters. The number of pyridine rings is 3. The Morgan fingerprint density at radius 1 is 1.06 bits per heavy atom. The lowest BCUT2D eigenvalue weighted by atomic mass is 10.1. The number of nitrogen functional groups attached to an aromatic ring is 1. The summed E-state index contributed by atoms with van der Waals surface area (Å²) in [4.78, 5) is 27.5. The van der Waals surface area contributed by atoms with Gasteiger partial charge in [-0.3, -0.25) is 4.79 Å². The van der Waals surface area contributed by atoms with E-state index in [-0.39, 0.29) is 28.6 Å². The van der Waals surface area contributed by atoms with Crippen LogP contribution in [0.25, 0.3) is 11.3 Å². The molecule has 0 fully saturated rings. The molecule has 0 aliphatic heterocycles. The fourth-order valence-electron chi connectivity index (χ4n) is 2.95. The summed E-state index contributed by atoms with van der Waals surface area (Å²) in [7, 11) is -2.45. The number of carbonyl (C=O) groups is 1. The molecule has 180 valence electrons. The Balaban J connectivity index is 1.96. The monoisotopic (exact) mass is 484 g/mol. The zero-order chi connectivity index (χ0) is 25.0. The summed E-state index contributed by atoms with van der Waals surface area (Å²) in [6, 6.07) is 10.9. The van der Waals surface area contributed by atoms with E-state index in [0.29, 0.717) is 17.4 Å². The fraction of sp³-hybridized carbons (Fsp3) is 0.304. The smallest absolute Gasteiger partial charge is 0.281 e.